The first-order valence-electron chi connectivity index (χ1n) is 6.95. The lowest BCUT2D eigenvalue weighted by Crippen LogP contribution is -2.22. The van der Waals surface area contributed by atoms with E-state index in [-0.39, 0.29) is 5.97 Å². The first-order valence-corrected chi connectivity index (χ1v) is 6.95. The number of carbonyl (C=O) groups excluding carboxylic acids is 1. The summed E-state index contributed by atoms with van der Waals surface area (Å²) in [5, 5.41) is 0. The van der Waals surface area contributed by atoms with Crippen LogP contribution in [0.3, 0.4) is 0 Å². The third kappa shape index (κ3) is 4.16. The molecule has 0 bridgehead atoms. The smallest absolute Gasteiger partial charge is 0.337 e. The zero-order valence-electron chi connectivity index (χ0n) is 12.4. The predicted molar refractivity (Wildman–Crippen MR) is 80.9 cm³/mol. The Morgan fingerprint density at radius 2 is 2.10 bits per heavy atom. The van der Waals surface area contributed by atoms with Crippen molar-refractivity contribution < 1.29 is 14.3 Å². The Balaban J connectivity index is 2.08. The first-order chi connectivity index (χ1) is 10.2. The van der Waals surface area contributed by atoms with Gasteiger partial charge in [0.2, 0.25) is 0 Å². The van der Waals surface area contributed by atoms with Crippen molar-refractivity contribution in [2.24, 2.45) is 4.99 Å². The zero-order chi connectivity index (χ0) is 15.1. The molecule has 0 fully saturated rings. The maximum atomic E-state index is 12.0. The molecule has 112 valence electrons. The number of hydrogen-bond acceptors (Lipinski definition) is 5. The minimum absolute atomic E-state index is 0.295. The lowest BCUT2D eigenvalue weighted by Gasteiger charge is -2.15. The Morgan fingerprint density at radius 1 is 1.33 bits per heavy atom. The Morgan fingerprint density at radius 3 is 2.76 bits per heavy atom. The van der Waals surface area contributed by atoms with Crippen molar-refractivity contribution in [3.8, 4) is 0 Å². The topological polar surface area (TPSA) is 51.1 Å². The van der Waals surface area contributed by atoms with E-state index in [1.54, 1.807) is 6.92 Å². The average molecular weight is 288 g/mol. The van der Waals surface area contributed by atoms with Crippen molar-refractivity contribution in [3.05, 3.63) is 47.2 Å². The second-order valence-electron chi connectivity index (χ2n) is 4.75. The maximum Gasteiger partial charge on any atom is 0.337 e. The van der Waals surface area contributed by atoms with E-state index in [4.69, 9.17) is 9.47 Å². The second kappa shape index (κ2) is 7.59. The highest BCUT2D eigenvalue weighted by atomic mass is 16.5. The molecular weight excluding hydrogens is 268 g/mol. The van der Waals surface area contributed by atoms with E-state index >= 15 is 0 Å². The zero-order valence-corrected chi connectivity index (χ0v) is 12.4. The summed E-state index contributed by atoms with van der Waals surface area (Å²) in [5.74, 6) is -0.295. The van der Waals surface area contributed by atoms with Crippen LogP contribution in [0.15, 0.2) is 46.6 Å². The molecule has 1 heterocycles. The third-order valence-electron chi connectivity index (χ3n) is 3.19. The lowest BCUT2D eigenvalue weighted by atomic mass is 10.2. The number of carbonyl (C=O) groups is 1. The molecule has 0 N–H and O–H groups in total. The lowest BCUT2D eigenvalue weighted by molar-refractivity contribution is -0.138. The summed E-state index contributed by atoms with van der Waals surface area (Å²) in [6.07, 6.45) is 1.35. The quantitative estimate of drug-likeness (QED) is 0.456. The molecule has 0 saturated heterocycles. The van der Waals surface area contributed by atoms with Gasteiger partial charge in [0, 0.05) is 19.6 Å². The number of rotatable bonds is 6. The molecule has 0 aliphatic carbocycles. The summed E-state index contributed by atoms with van der Waals surface area (Å²) >= 11 is 0. The third-order valence-corrected chi connectivity index (χ3v) is 3.19. The van der Waals surface area contributed by atoms with Gasteiger partial charge in [-0.1, -0.05) is 30.3 Å². The van der Waals surface area contributed by atoms with Gasteiger partial charge in [0.1, 0.15) is 0 Å². The van der Waals surface area contributed by atoms with Gasteiger partial charge in [-0.15, -0.1) is 0 Å². The predicted octanol–water partition coefficient (Wildman–Crippen LogP) is 1.99. The normalized spacial score (nSPS) is 15.7. The van der Waals surface area contributed by atoms with Crippen molar-refractivity contribution in [3.63, 3.8) is 0 Å². The van der Waals surface area contributed by atoms with Crippen molar-refractivity contribution in [2.75, 3.05) is 26.8 Å². The number of aliphatic imine (C=N–C) groups is 1. The Kier molecular flexibility index (Phi) is 5.51. The van der Waals surface area contributed by atoms with Gasteiger partial charge >= 0.3 is 5.97 Å². The van der Waals surface area contributed by atoms with E-state index < -0.39 is 0 Å². The number of esters is 1. The van der Waals surface area contributed by atoms with Crippen LogP contribution in [0, 0.1) is 0 Å². The van der Waals surface area contributed by atoms with Gasteiger partial charge in [-0.25, -0.2) is 9.79 Å². The van der Waals surface area contributed by atoms with Crippen LogP contribution in [0.1, 0.15) is 12.5 Å². The van der Waals surface area contributed by atoms with E-state index in [2.05, 4.69) is 22.0 Å². The number of ether oxygens (including phenoxy) is 2. The molecule has 0 spiro atoms. The molecule has 0 amide bonds. The number of benzene rings is 1. The summed E-state index contributed by atoms with van der Waals surface area (Å²) in [5.41, 5.74) is 2.53. The summed E-state index contributed by atoms with van der Waals surface area (Å²) in [6, 6.07) is 10.1. The highest BCUT2D eigenvalue weighted by Crippen LogP contribution is 2.21. The van der Waals surface area contributed by atoms with Crippen LogP contribution in [-0.4, -0.2) is 44.1 Å². The molecule has 5 heteroatoms. The van der Waals surface area contributed by atoms with Crippen LogP contribution in [-0.2, 0) is 20.8 Å². The van der Waals surface area contributed by atoms with Crippen molar-refractivity contribution >= 4 is 12.4 Å². The Bertz CT molecular complexity index is 538. The molecule has 0 radical (unpaired) electrons. The summed E-state index contributed by atoms with van der Waals surface area (Å²) in [6.45, 7) is 4.10. The van der Waals surface area contributed by atoms with Crippen molar-refractivity contribution in [1.82, 2.24) is 4.90 Å². The molecule has 5 nitrogen and oxygen atoms in total. The van der Waals surface area contributed by atoms with Gasteiger partial charge in [0.25, 0.3) is 0 Å². The van der Waals surface area contributed by atoms with Crippen LogP contribution in [0.5, 0.6) is 0 Å². The molecule has 0 unspecified atom stereocenters. The Hall–Kier alpha value is -2.14. The molecular formula is C16H20N2O3. The standard InChI is InChI=1S/C16H20N2O3/c1-3-21-16(19)14-10-18(11-15(14)17-12-20-2)9-13-7-5-4-6-8-13/h4-8,12H,3,9-11H2,1-2H3/b17-12+. The van der Waals surface area contributed by atoms with E-state index in [0.717, 1.165) is 6.54 Å². The van der Waals surface area contributed by atoms with E-state index in [1.165, 1.54) is 19.1 Å². The van der Waals surface area contributed by atoms with Gasteiger partial charge < -0.3 is 9.47 Å². The number of hydrogen-bond donors (Lipinski definition) is 0. The van der Waals surface area contributed by atoms with Gasteiger partial charge in [-0.2, -0.15) is 0 Å². The molecule has 21 heavy (non-hydrogen) atoms. The molecule has 2 rings (SSSR count). The average Bonchev–Trinajstić information content (AvgIpc) is 2.89. The molecule has 1 aliphatic rings. The fourth-order valence-electron chi connectivity index (χ4n) is 2.27. The van der Waals surface area contributed by atoms with Crippen LogP contribution in [0.25, 0.3) is 0 Å². The molecule has 0 atom stereocenters. The summed E-state index contributed by atoms with van der Waals surface area (Å²) in [4.78, 5) is 18.4. The van der Waals surface area contributed by atoms with Gasteiger partial charge in [0.15, 0.2) is 6.40 Å². The fraction of sp³-hybridized carbons (Fsp3) is 0.375. The van der Waals surface area contributed by atoms with Crippen LogP contribution in [0.2, 0.25) is 0 Å². The SMILES string of the molecule is CCOC(=O)C1=C(/N=C/OC)CN(Cc2ccccc2)C1. The summed E-state index contributed by atoms with van der Waals surface area (Å²) < 4.78 is 9.95. The molecule has 1 aliphatic heterocycles. The monoisotopic (exact) mass is 288 g/mol. The molecule has 1 aromatic carbocycles. The van der Waals surface area contributed by atoms with Gasteiger partial charge in [-0.05, 0) is 12.5 Å². The number of nitrogens with zero attached hydrogens (tertiary/aromatic N) is 2. The van der Waals surface area contributed by atoms with Crippen molar-refractivity contribution in [1.29, 1.82) is 0 Å². The van der Waals surface area contributed by atoms with Crippen LogP contribution < -0.4 is 0 Å². The molecule has 1 aromatic rings. The second-order valence-corrected chi connectivity index (χ2v) is 4.75. The van der Waals surface area contributed by atoms with E-state index in [0.29, 0.717) is 31.0 Å². The fourth-order valence-corrected chi connectivity index (χ4v) is 2.27. The highest BCUT2D eigenvalue weighted by Gasteiger charge is 2.27. The van der Waals surface area contributed by atoms with Crippen LogP contribution >= 0.6 is 0 Å². The molecule has 0 aromatic heterocycles. The highest BCUT2D eigenvalue weighted by molar-refractivity contribution is 5.90. The minimum atomic E-state index is -0.295. The van der Waals surface area contributed by atoms with Gasteiger partial charge in [-0.3, -0.25) is 4.90 Å². The van der Waals surface area contributed by atoms with Crippen LogP contribution in [0.4, 0.5) is 0 Å². The maximum absolute atomic E-state index is 12.0. The van der Waals surface area contributed by atoms with E-state index in [9.17, 15) is 4.79 Å². The molecule has 0 saturated carbocycles. The largest absolute Gasteiger partial charge is 0.486 e. The van der Waals surface area contributed by atoms with Gasteiger partial charge in [0.05, 0.1) is 25.0 Å². The number of methoxy groups -OCH3 is 1. The minimum Gasteiger partial charge on any atom is -0.486 e. The van der Waals surface area contributed by atoms with E-state index in [1.807, 2.05) is 18.2 Å². The first kappa shape index (κ1) is 15.3. The summed E-state index contributed by atoms with van der Waals surface area (Å²) in [7, 11) is 1.53. The van der Waals surface area contributed by atoms with Crippen molar-refractivity contribution in [2.45, 2.75) is 13.5 Å². The Labute approximate surface area is 124 Å².